The van der Waals surface area contributed by atoms with Crippen LogP contribution >= 0.6 is 0 Å². The molecule has 3 N–H and O–H groups in total. The van der Waals surface area contributed by atoms with Crippen LogP contribution in [-0.4, -0.2) is 133 Å². The number of carbonyl (C=O) groups is 5. The lowest BCUT2D eigenvalue weighted by Gasteiger charge is -2.41. The maximum Gasteiger partial charge on any atom is 0.326 e. The summed E-state index contributed by atoms with van der Waals surface area (Å²) in [4.78, 5) is 73.3. The highest BCUT2D eigenvalue weighted by molar-refractivity contribution is 5.90. The molecule has 1 aliphatic carbocycles. The van der Waals surface area contributed by atoms with Crippen LogP contribution in [0.5, 0.6) is 0 Å². The Balaban J connectivity index is 1.46. The second-order valence-corrected chi connectivity index (χ2v) is 16.2. The minimum absolute atomic E-state index is 0.00342. The number of nitrogens with zero attached hydrogens (tertiary/aromatic N) is 3. The van der Waals surface area contributed by atoms with E-state index in [0.717, 1.165) is 37.7 Å². The van der Waals surface area contributed by atoms with Gasteiger partial charge in [-0.15, -0.1) is 0 Å². The molecule has 3 aliphatic rings. The van der Waals surface area contributed by atoms with Gasteiger partial charge in [0.05, 0.1) is 42.7 Å². The highest BCUT2D eigenvalue weighted by Gasteiger charge is 2.49. The fraction of sp³-hybridized carbons (Fsp3) is 0.732. The molecular formula is C41H65N5O8. The lowest BCUT2D eigenvalue weighted by molar-refractivity contribution is -0.148. The molecule has 3 fully saturated rings. The van der Waals surface area contributed by atoms with E-state index in [1.807, 2.05) is 65.1 Å². The van der Waals surface area contributed by atoms with Crippen molar-refractivity contribution in [3.63, 3.8) is 0 Å². The predicted molar refractivity (Wildman–Crippen MR) is 205 cm³/mol. The third kappa shape index (κ3) is 9.81. The van der Waals surface area contributed by atoms with E-state index in [9.17, 15) is 29.1 Å². The van der Waals surface area contributed by atoms with Gasteiger partial charge >= 0.3 is 5.97 Å². The van der Waals surface area contributed by atoms with Gasteiger partial charge in [-0.3, -0.25) is 24.1 Å². The number of hydrogen-bond acceptors (Lipinski definition) is 8. The molecule has 0 unspecified atom stereocenters. The number of piperidine rings is 1. The minimum atomic E-state index is -1.13. The van der Waals surface area contributed by atoms with Gasteiger partial charge in [-0.05, 0) is 62.5 Å². The fourth-order valence-corrected chi connectivity index (χ4v) is 9.24. The van der Waals surface area contributed by atoms with Crippen molar-refractivity contribution in [3.8, 4) is 0 Å². The molecule has 11 atom stereocenters. The van der Waals surface area contributed by atoms with Gasteiger partial charge in [0.1, 0.15) is 12.1 Å². The SMILES string of the molecule is CC[C@H](C)[C@@H]([C@@H](CC(=O)N1CCC[C@H]1[C@H](OC)[C@@H](C)C(=O)N[C@@H](Cc1ccccc1)C(=O)O)OC)N(C)C(=O)[C@@H](NC(=O)[C@@H]1[C@H]2CC[C@H](C2)N1C)C(C)C. The summed E-state index contributed by atoms with van der Waals surface area (Å²) in [5.41, 5.74) is 0.789. The van der Waals surface area contributed by atoms with Crippen LogP contribution in [0.15, 0.2) is 30.3 Å². The van der Waals surface area contributed by atoms with Gasteiger partial charge in [-0.1, -0.05) is 71.4 Å². The Labute approximate surface area is 321 Å². The zero-order valence-corrected chi connectivity index (χ0v) is 33.8. The first-order valence-electron chi connectivity index (χ1n) is 19.9. The van der Waals surface area contributed by atoms with Crippen LogP contribution in [0.2, 0.25) is 0 Å². The third-order valence-corrected chi connectivity index (χ3v) is 12.6. The molecule has 13 nitrogen and oxygen atoms in total. The van der Waals surface area contributed by atoms with Gasteiger partial charge in [0.15, 0.2) is 0 Å². The molecule has 2 aliphatic heterocycles. The first-order chi connectivity index (χ1) is 25.6. The molecule has 54 heavy (non-hydrogen) atoms. The molecular weight excluding hydrogens is 690 g/mol. The van der Waals surface area contributed by atoms with E-state index < -0.39 is 54.2 Å². The number of carbonyl (C=O) groups excluding carboxylic acids is 4. The Hall–Kier alpha value is -3.55. The summed E-state index contributed by atoms with van der Waals surface area (Å²) < 4.78 is 11.9. The topological polar surface area (TPSA) is 158 Å². The number of ether oxygens (including phenoxy) is 2. The van der Waals surface area contributed by atoms with E-state index in [-0.39, 0.29) is 48.4 Å². The number of fused-ring (bicyclic) bond motifs is 2. The normalized spacial score (nSPS) is 25.0. The van der Waals surface area contributed by atoms with Crippen molar-refractivity contribution < 1.29 is 38.6 Å². The molecule has 1 aromatic rings. The van der Waals surface area contributed by atoms with Crippen LogP contribution in [0.25, 0.3) is 0 Å². The molecule has 2 bridgehead atoms. The second-order valence-electron chi connectivity index (χ2n) is 16.2. The highest BCUT2D eigenvalue weighted by atomic mass is 16.5. The largest absolute Gasteiger partial charge is 0.480 e. The van der Waals surface area contributed by atoms with Crippen LogP contribution in [0, 0.1) is 23.7 Å². The maximum atomic E-state index is 14.3. The van der Waals surface area contributed by atoms with E-state index in [1.165, 1.54) is 7.11 Å². The summed E-state index contributed by atoms with van der Waals surface area (Å²) in [6.07, 6.45) is 4.04. The Bertz CT molecular complexity index is 1440. The number of methoxy groups -OCH3 is 2. The number of likely N-dealkylation sites (tertiary alicyclic amines) is 2. The van der Waals surface area contributed by atoms with Crippen LogP contribution in [-0.2, 0) is 39.9 Å². The molecule has 1 aromatic carbocycles. The summed E-state index contributed by atoms with van der Waals surface area (Å²) in [5, 5.41) is 15.7. The van der Waals surface area contributed by atoms with Crippen molar-refractivity contribution in [3.05, 3.63) is 35.9 Å². The molecule has 4 rings (SSSR count). The number of likely N-dealkylation sites (N-methyl/N-ethyl adjacent to an activating group) is 2. The summed E-state index contributed by atoms with van der Waals surface area (Å²) in [5.74, 6) is -2.71. The molecule has 2 heterocycles. The Morgan fingerprint density at radius 1 is 0.981 bits per heavy atom. The van der Waals surface area contributed by atoms with Crippen LogP contribution in [0.4, 0.5) is 0 Å². The van der Waals surface area contributed by atoms with Crippen molar-refractivity contribution in [2.45, 2.75) is 134 Å². The van der Waals surface area contributed by atoms with Crippen molar-refractivity contribution in [1.29, 1.82) is 0 Å². The lowest BCUT2D eigenvalue weighted by atomic mass is 9.89. The maximum absolute atomic E-state index is 14.3. The predicted octanol–water partition coefficient (Wildman–Crippen LogP) is 3.34. The number of aliphatic carboxylic acids is 1. The van der Waals surface area contributed by atoms with Crippen molar-refractivity contribution in [2.75, 3.05) is 34.9 Å². The molecule has 0 radical (unpaired) electrons. The summed E-state index contributed by atoms with van der Waals surface area (Å²) in [6.45, 7) is 10.1. The second kappa shape index (κ2) is 19.4. The van der Waals surface area contributed by atoms with Crippen LogP contribution in [0.3, 0.4) is 0 Å². The molecule has 4 amide bonds. The molecule has 1 saturated carbocycles. The number of rotatable bonds is 19. The molecule has 302 valence electrons. The van der Waals surface area contributed by atoms with Gasteiger partial charge < -0.3 is 35.0 Å². The van der Waals surface area contributed by atoms with Gasteiger partial charge in [-0.25, -0.2) is 4.79 Å². The third-order valence-electron chi connectivity index (χ3n) is 12.6. The Morgan fingerprint density at radius 3 is 2.22 bits per heavy atom. The number of amides is 4. The minimum Gasteiger partial charge on any atom is -0.480 e. The zero-order valence-electron chi connectivity index (χ0n) is 33.8. The molecule has 13 heteroatoms. The van der Waals surface area contributed by atoms with Crippen molar-refractivity contribution >= 4 is 29.6 Å². The standard InChI is InChI=1S/C41H65N5O8/c1-10-25(4)35(45(7)40(50)34(24(2)3)43-39(49)36-28-18-19-29(22-28)44(36)6)32(53-8)23-33(47)46-20-14-17-31(46)37(54-9)26(5)38(48)42-30(41(51)52)21-27-15-12-11-13-16-27/h11-13,15-16,24-26,28-32,34-37H,10,14,17-23H2,1-9H3,(H,42,48)(H,43,49)(H,51,52)/t25-,26+,28-,29+,30-,31-,32+,34-,35-,36-,37+/m0/s1. The Morgan fingerprint density at radius 2 is 1.67 bits per heavy atom. The van der Waals surface area contributed by atoms with Gasteiger partial charge in [0.2, 0.25) is 23.6 Å². The van der Waals surface area contributed by atoms with E-state index >= 15 is 0 Å². The van der Waals surface area contributed by atoms with E-state index in [2.05, 4.69) is 15.5 Å². The summed E-state index contributed by atoms with van der Waals surface area (Å²) in [7, 11) is 6.80. The quantitative estimate of drug-likeness (QED) is 0.193. The lowest BCUT2D eigenvalue weighted by Crippen LogP contribution is -2.60. The average Bonchev–Trinajstić information content (AvgIpc) is 3.90. The number of carboxylic acids is 1. The zero-order chi connectivity index (χ0) is 39.9. The Kier molecular flexibility index (Phi) is 15.5. The van der Waals surface area contributed by atoms with Crippen LogP contribution < -0.4 is 10.6 Å². The van der Waals surface area contributed by atoms with E-state index in [4.69, 9.17) is 9.47 Å². The van der Waals surface area contributed by atoms with Crippen molar-refractivity contribution in [1.82, 2.24) is 25.3 Å². The van der Waals surface area contributed by atoms with E-state index in [0.29, 0.717) is 24.9 Å². The first-order valence-corrected chi connectivity index (χ1v) is 19.9. The number of nitrogens with one attached hydrogen (secondary N) is 2. The summed E-state index contributed by atoms with van der Waals surface area (Å²) >= 11 is 0. The van der Waals surface area contributed by atoms with E-state index in [1.54, 1.807) is 30.9 Å². The first kappa shape index (κ1) is 43.2. The van der Waals surface area contributed by atoms with Gasteiger partial charge in [0, 0.05) is 40.3 Å². The smallest absolute Gasteiger partial charge is 0.326 e. The van der Waals surface area contributed by atoms with Crippen LogP contribution in [0.1, 0.15) is 85.1 Å². The number of hydrogen-bond donors (Lipinski definition) is 3. The van der Waals surface area contributed by atoms with Gasteiger partial charge in [-0.2, -0.15) is 0 Å². The molecule has 0 spiro atoms. The summed E-state index contributed by atoms with van der Waals surface area (Å²) in [6, 6.07) is 6.58. The highest BCUT2D eigenvalue weighted by Crippen LogP contribution is 2.41. The monoisotopic (exact) mass is 755 g/mol. The fourth-order valence-electron chi connectivity index (χ4n) is 9.24. The van der Waals surface area contributed by atoms with Crippen molar-refractivity contribution in [2.24, 2.45) is 23.7 Å². The average molecular weight is 756 g/mol. The molecule has 2 saturated heterocycles. The number of carboxylic acid groups (broad SMARTS) is 1. The number of benzene rings is 1. The molecule has 0 aromatic heterocycles. The van der Waals surface area contributed by atoms with Gasteiger partial charge in [0.25, 0.3) is 0 Å².